The lowest BCUT2D eigenvalue weighted by Crippen LogP contribution is -2.30. The molecule has 1 aliphatic rings. The van der Waals surface area contributed by atoms with E-state index >= 15 is 0 Å². The minimum Gasteiger partial charge on any atom is -0.494 e. The molecule has 126 valence electrons. The summed E-state index contributed by atoms with van der Waals surface area (Å²) in [6.45, 7) is 7.33. The molecule has 1 saturated heterocycles. The molecule has 1 amide bonds. The minimum atomic E-state index is -0.814. The summed E-state index contributed by atoms with van der Waals surface area (Å²) >= 11 is 0. The van der Waals surface area contributed by atoms with Gasteiger partial charge in [-0.15, -0.1) is 0 Å². The second-order valence-electron chi connectivity index (χ2n) is 6.42. The van der Waals surface area contributed by atoms with Gasteiger partial charge in [-0.1, -0.05) is 13.0 Å². The SMILES string of the molecule is Cc1ccc(OCCCC(=O)N2C[C@@H](C)[C@H](C(=O)O)C2)cc1C. The number of carboxylic acids is 1. The summed E-state index contributed by atoms with van der Waals surface area (Å²) in [7, 11) is 0. The summed E-state index contributed by atoms with van der Waals surface area (Å²) in [6, 6.07) is 5.95. The van der Waals surface area contributed by atoms with Gasteiger partial charge in [-0.3, -0.25) is 9.59 Å². The van der Waals surface area contributed by atoms with Gasteiger partial charge in [0.05, 0.1) is 12.5 Å². The summed E-state index contributed by atoms with van der Waals surface area (Å²) in [6.07, 6.45) is 1.03. The normalized spacial score (nSPS) is 20.6. The number of benzene rings is 1. The Morgan fingerprint density at radius 3 is 2.61 bits per heavy atom. The molecule has 5 heteroatoms. The second-order valence-corrected chi connectivity index (χ2v) is 6.42. The van der Waals surface area contributed by atoms with E-state index in [9.17, 15) is 9.59 Å². The number of likely N-dealkylation sites (tertiary alicyclic amines) is 1. The Hall–Kier alpha value is -2.04. The number of hydrogen-bond donors (Lipinski definition) is 1. The van der Waals surface area contributed by atoms with Crippen molar-refractivity contribution in [1.29, 1.82) is 0 Å². The van der Waals surface area contributed by atoms with E-state index in [1.54, 1.807) is 4.90 Å². The van der Waals surface area contributed by atoms with Gasteiger partial charge < -0.3 is 14.7 Å². The Labute approximate surface area is 137 Å². The van der Waals surface area contributed by atoms with Crippen molar-refractivity contribution in [2.75, 3.05) is 19.7 Å². The zero-order valence-electron chi connectivity index (χ0n) is 14.0. The molecule has 1 fully saturated rings. The van der Waals surface area contributed by atoms with Gasteiger partial charge in [-0.05, 0) is 49.4 Å². The molecule has 1 aliphatic heterocycles. The third-order valence-electron chi connectivity index (χ3n) is 4.56. The van der Waals surface area contributed by atoms with E-state index in [4.69, 9.17) is 9.84 Å². The zero-order chi connectivity index (χ0) is 17.0. The molecule has 0 unspecified atom stereocenters. The lowest BCUT2D eigenvalue weighted by atomic mass is 9.99. The van der Waals surface area contributed by atoms with Gasteiger partial charge in [0.15, 0.2) is 0 Å². The first-order chi connectivity index (χ1) is 10.9. The van der Waals surface area contributed by atoms with Crippen LogP contribution in [0.15, 0.2) is 18.2 Å². The van der Waals surface area contributed by atoms with Crippen LogP contribution < -0.4 is 4.74 Å². The van der Waals surface area contributed by atoms with Crippen LogP contribution in [-0.2, 0) is 9.59 Å². The van der Waals surface area contributed by atoms with Gasteiger partial charge in [0.2, 0.25) is 5.91 Å². The second kappa shape index (κ2) is 7.49. The molecule has 0 aliphatic carbocycles. The average Bonchev–Trinajstić information content (AvgIpc) is 2.89. The molecule has 0 saturated carbocycles. The monoisotopic (exact) mass is 319 g/mol. The third-order valence-corrected chi connectivity index (χ3v) is 4.56. The molecule has 0 aromatic heterocycles. The Balaban J connectivity index is 1.73. The van der Waals surface area contributed by atoms with Crippen LogP contribution in [0.4, 0.5) is 0 Å². The van der Waals surface area contributed by atoms with E-state index in [-0.39, 0.29) is 11.8 Å². The molecular formula is C18H25NO4. The van der Waals surface area contributed by atoms with Crippen LogP contribution in [0.25, 0.3) is 0 Å². The van der Waals surface area contributed by atoms with Crippen molar-refractivity contribution in [3.63, 3.8) is 0 Å². The Morgan fingerprint density at radius 1 is 1.26 bits per heavy atom. The molecule has 0 spiro atoms. The fourth-order valence-corrected chi connectivity index (χ4v) is 2.87. The molecule has 0 bridgehead atoms. The molecule has 23 heavy (non-hydrogen) atoms. The van der Waals surface area contributed by atoms with E-state index in [0.717, 1.165) is 5.75 Å². The molecule has 1 heterocycles. The highest BCUT2D eigenvalue weighted by atomic mass is 16.5. The molecule has 5 nitrogen and oxygen atoms in total. The molecule has 2 atom stereocenters. The number of amides is 1. The van der Waals surface area contributed by atoms with Gasteiger partial charge in [0, 0.05) is 19.5 Å². The predicted octanol–water partition coefficient (Wildman–Crippen LogP) is 2.64. The maximum Gasteiger partial charge on any atom is 0.308 e. The summed E-state index contributed by atoms with van der Waals surface area (Å²) in [4.78, 5) is 24.9. The van der Waals surface area contributed by atoms with E-state index in [2.05, 4.69) is 6.92 Å². The first kappa shape index (κ1) is 17.3. The van der Waals surface area contributed by atoms with Gasteiger partial charge in [-0.2, -0.15) is 0 Å². The summed E-state index contributed by atoms with van der Waals surface area (Å²) in [5.74, 6) is -0.398. The highest BCUT2D eigenvalue weighted by Crippen LogP contribution is 2.24. The van der Waals surface area contributed by atoms with Crippen LogP contribution in [0.2, 0.25) is 0 Å². The molecule has 1 N–H and O–H groups in total. The van der Waals surface area contributed by atoms with Crippen LogP contribution >= 0.6 is 0 Å². The van der Waals surface area contributed by atoms with E-state index in [0.29, 0.717) is 32.5 Å². The van der Waals surface area contributed by atoms with E-state index < -0.39 is 11.9 Å². The molecule has 1 aromatic carbocycles. The number of ether oxygens (including phenoxy) is 1. The number of aliphatic carboxylic acids is 1. The van der Waals surface area contributed by atoms with Gasteiger partial charge in [-0.25, -0.2) is 0 Å². The predicted molar refractivity (Wildman–Crippen MR) is 87.5 cm³/mol. The van der Waals surface area contributed by atoms with Crippen molar-refractivity contribution in [3.8, 4) is 5.75 Å². The largest absolute Gasteiger partial charge is 0.494 e. The molecular weight excluding hydrogens is 294 g/mol. The van der Waals surface area contributed by atoms with Gasteiger partial charge in [0.25, 0.3) is 0 Å². The maximum atomic E-state index is 12.1. The summed E-state index contributed by atoms with van der Waals surface area (Å²) in [5, 5.41) is 9.11. The smallest absolute Gasteiger partial charge is 0.308 e. The Kier molecular flexibility index (Phi) is 5.64. The number of carboxylic acid groups (broad SMARTS) is 1. The van der Waals surface area contributed by atoms with Crippen LogP contribution in [0.5, 0.6) is 5.75 Å². The summed E-state index contributed by atoms with van der Waals surface area (Å²) in [5.41, 5.74) is 2.41. The Morgan fingerprint density at radius 2 is 2.00 bits per heavy atom. The van der Waals surface area contributed by atoms with Gasteiger partial charge in [0.1, 0.15) is 5.75 Å². The van der Waals surface area contributed by atoms with Gasteiger partial charge >= 0.3 is 5.97 Å². The number of hydrogen-bond acceptors (Lipinski definition) is 3. The van der Waals surface area contributed by atoms with Crippen LogP contribution in [-0.4, -0.2) is 41.6 Å². The first-order valence-corrected chi connectivity index (χ1v) is 8.09. The highest BCUT2D eigenvalue weighted by Gasteiger charge is 2.36. The lowest BCUT2D eigenvalue weighted by molar-refractivity contribution is -0.142. The summed E-state index contributed by atoms with van der Waals surface area (Å²) < 4.78 is 5.67. The van der Waals surface area contributed by atoms with Crippen molar-refractivity contribution in [2.45, 2.75) is 33.6 Å². The minimum absolute atomic E-state index is 0.0169. The Bertz CT molecular complexity index is 584. The average molecular weight is 319 g/mol. The molecule has 0 radical (unpaired) electrons. The van der Waals surface area contributed by atoms with E-state index in [1.807, 2.05) is 32.0 Å². The highest BCUT2D eigenvalue weighted by molar-refractivity contribution is 5.79. The number of nitrogens with zero attached hydrogens (tertiary/aromatic N) is 1. The first-order valence-electron chi connectivity index (χ1n) is 8.09. The number of rotatable bonds is 6. The molecule has 2 rings (SSSR count). The van der Waals surface area contributed by atoms with Crippen molar-refractivity contribution >= 4 is 11.9 Å². The van der Waals surface area contributed by atoms with Crippen molar-refractivity contribution in [1.82, 2.24) is 4.90 Å². The fraction of sp³-hybridized carbons (Fsp3) is 0.556. The van der Waals surface area contributed by atoms with Crippen LogP contribution in [0, 0.1) is 25.7 Å². The fourth-order valence-electron chi connectivity index (χ4n) is 2.87. The van der Waals surface area contributed by atoms with Crippen molar-refractivity contribution in [2.24, 2.45) is 11.8 Å². The quantitative estimate of drug-likeness (QED) is 0.819. The van der Waals surface area contributed by atoms with Crippen LogP contribution in [0.1, 0.15) is 30.9 Å². The van der Waals surface area contributed by atoms with Crippen molar-refractivity contribution in [3.05, 3.63) is 29.3 Å². The topological polar surface area (TPSA) is 66.8 Å². The number of carbonyl (C=O) groups excluding carboxylic acids is 1. The lowest BCUT2D eigenvalue weighted by Gasteiger charge is -2.16. The number of carbonyl (C=O) groups is 2. The maximum absolute atomic E-state index is 12.1. The van der Waals surface area contributed by atoms with Crippen molar-refractivity contribution < 1.29 is 19.4 Å². The van der Waals surface area contributed by atoms with Crippen LogP contribution in [0.3, 0.4) is 0 Å². The standard InChI is InChI=1S/C18H25NO4/c1-12-6-7-15(9-13(12)2)23-8-4-5-17(20)19-10-14(3)16(11-19)18(21)22/h6-7,9,14,16H,4-5,8,10-11H2,1-3H3,(H,21,22)/t14-,16-/m1/s1. The third kappa shape index (κ3) is 4.47. The van der Waals surface area contributed by atoms with E-state index in [1.165, 1.54) is 11.1 Å². The number of aryl methyl sites for hydroxylation is 2. The zero-order valence-corrected chi connectivity index (χ0v) is 14.0. The molecule has 1 aromatic rings.